The Kier molecular flexibility index (Phi) is 3.11. The molecule has 2 rings (SSSR count). The molecule has 7 heteroatoms. The third-order valence-electron chi connectivity index (χ3n) is 1.89. The summed E-state index contributed by atoms with van der Waals surface area (Å²) in [4.78, 5) is 18.8. The lowest BCUT2D eigenvalue weighted by molar-refractivity contribution is 0.0944. The summed E-state index contributed by atoms with van der Waals surface area (Å²) >= 11 is 5.73. The van der Waals surface area contributed by atoms with E-state index in [1.54, 1.807) is 11.8 Å². The number of aromatic amines is 1. The van der Waals surface area contributed by atoms with Gasteiger partial charge >= 0.3 is 0 Å². The van der Waals surface area contributed by atoms with E-state index in [9.17, 15) is 4.79 Å². The van der Waals surface area contributed by atoms with Crippen LogP contribution in [0.5, 0.6) is 0 Å². The number of carbonyl (C=O) groups excluding carboxylic acids is 1. The Hall–Kier alpha value is -0.820. The third-order valence-corrected chi connectivity index (χ3v) is 3.23. The van der Waals surface area contributed by atoms with Gasteiger partial charge < -0.3 is 15.6 Å². The van der Waals surface area contributed by atoms with Crippen molar-refractivity contribution in [3.05, 3.63) is 5.69 Å². The molecule has 82 valence electrons. The van der Waals surface area contributed by atoms with Crippen molar-refractivity contribution < 1.29 is 4.79 Å². The molecular weight excluding hydrogens is 232 g/mol. The van der Waals surface area contributed by atoms with Gasteiger partial charge in [0.25, 0.3) is 5.91 Å². The molecule has 0 fully saturated rings. The maximum Gasteiger partial charge on any atom is 0.273 e. The first kappa shape index (κ1) is 10.7. The molecule has 2 heterocycles. The van der Waals surface area contributed by atoms with Gasteiger partial charge in [-0.25, -0.2) is 4.98 Å². The molecule has 0 saturated heterocycles. The number of hydrogen-bond acceptors (Lipinski definition) is 5. The molecular formula is C8H12N4OS2. The Labute approximate surface area is 97.2 Å². The van der Waals surface area contributed by atoms with Crippen molar-refractivity contribution in [1.29, 1.82) is 0 Å². The molecule has 0 radical (unpaired) electrons. The van der Waals surface area contributed by atoms with Crippen molar-refractivity contribution >= 4 is 36.1 Å². The van der Waals surface area contributed by atoms with E-state index < -0.39 is 0 Å². The Morgan fingerprint density at radius 3 is 3.07 bits per heavy atom. The van der Waals surface area contributed by atoms with Crippen LogP contribution >= 0.6 is 24.4 Å². The standard InChI is InChI=1S/C8H12N4OS2/c1-2-3-15-8-9-4-5(11-8)10-7(14)12-6(4)13/h7,10,14H,2-3H2,1H3,(H,9,11)(H,12,13). The second-order valence-corrected chi connectivity index (χ2v) is 4.73. The van der Waals surface area contributed by atoms with Crippen LogP contribution in [-0.4, -0.2) is 27.1 Å². The second-order valence-electron chi connectivity index (χ2n) is 3.13. The highest BCUT2D eigenvalue weighted by atomic mass is 32.2. The Bertz CT molecular complexity index is 379. The van der Waals surface area contributed by atoms with Crippen LogP contribution in [0, 0.1) is 0 Å². The SMILES string of the molecule is CCCSc1nc2c([nH]1)C(=O)NC(S)N2. The monoisotopic (exact) mass is 244 g/mol. The van der Waals surface area contributed by atoms with E-state index >= 15 is 0 Å². The Morgan fingerprint density at radius 1 is 1.53 bits per heavy atom. The minimum atomic E-state index is -0.364. The summed E-state index contributed by atoms with van der Waals surface area (Å²) in [6.07, 6.45) is 1.07. The molecule has 0 aromatic carbocycles. The van der Waals surface area contributed by atoms with Crippen LogP contribution in [0.25, 0.3) is 0 Å². The molecule has 1 aromatic rings. The van der Waals surface area contributed by atoms with Crippen molar-refractivity contribution in [1.82, 2.24) is 15.3 Å². The summed E-state index contributed by atoms with van der Waals surface area (Å²) in [7, 11) is 0. The fraction of sp³-hybridized carbons (Fsp3) is 0.500. The van der Waals surface area contributed by atoms with Crippen LogP contribution in [0.15, 0.2) is 5.16 Å². The first-order valence-corrected chi connectivity index (χ1v) is 6.19. The number of rotatable bonds is 3. The summed E-state index contributed by atoms with van der Waals surface area (Å²) in [5.41, 5.74) is 0.122. The van der Waals surface area contributed by atoms with Crippen LogP contribution in [0.1, 0.15) is 23.8 Å². The minimum Gasteiger partial charge on any atom is -0.340 e. The molecule has 1 aliphatic rings. The number of thiol groups is 1. The van der Waals surface area contributed by atoms with Crippen LogP contribution in [0.3, 0.4) is 0 Å². The summed E-state index contributed by atoms with van der Waals surface area (Å²) in [5.74, 6) is 1.40. The number of aromatic nitrogens is 2. The molecule has 1 amide bonds. The number of amides is 1. The van der Waals surface area contributed by atoms with Crippen LogP contribution in [-0.2, 0) is 0 Å². The number of fused-ring (bicyclic) bond motifs is 1. The van der Waals surface area contributed by atoms with Gasteiger partial charge in [0.05, 0.1) is 0 Å². The fourth-order valence-corrected chi connectivity index (χ4v) is 2.22. The summed E-state index contributed by atoms with van der Waals surface area (Å²) in [6.45, 7) is 2.10. The quantitative estimate of drug-likeness (QED) is 0.477. The highest BCUT2D eigenvalue weighted by Crippen LogP contribution is 2.23. The average molecular weight is 244 g/mol. The van der Waals surface area contributed by atoms with E-state index in [-0.39, 0.29) is 11.4 Å². The molecule has 1 aromatic heterocycles. The van der Waals surface area contributed by atoms with Crippen LogP contribution in [0.2, 0.25) is 0 Å². The van der Waals surface area contributed by atoms with Crippen molar-refractivity contribution in [2.45, 2.75) is 24.0 Å². The number of carbonyl (C=O) groups is 1. The normalized spacial score (nSPS) is 19.3. The zero-order chi connectivity index (χ0) is 10.8. The molecule has 0 aliphatic carbocycles. The number of imidazole rings is 1. The van der Waals surface area contributed by atoms with Crippen molar-refractivity contribution in [3.8, 4) is 0 Å². The van der Waals surface area contributed by atoms with E-state index in [2.05, 4.69) is 40.2 Å². The third kappa shape index (κ3) is 2.23. The lowest BCUT2D eigenvalue weighted by atomic mass is 10.3. The molecule has 3 N–H and O–H groups in total. The van der Waals surface area contributed by atoms with E-state index in [0.717, 1.165) is 17.3 Å². The first-order valence-electron chi connectivity index (χ1n) is 4.69. The number of nitrogens with zero attached hydrogens (tertiary/aromatic N) is 1. The lowest BCUT2D eigenvalue weighted by Gasteiger charge is -2.19. The van der Waals surface area contributed by atoms with E-state index in [4.69, 9.17) is 0 Å². The molecule has 1 atom stereocenters. The highest BCUT2D eigenvalue weighted by Gasteiger charge is 2.25. The zero-order valence-electron chi connectivity index (χ0n) is 8.20. The largest absolute Gasteiger partial charge is 0.340 e. The summed E-state index contributed by atoms with van der Waals surface area (Å²) in [6, 6.07) is 0. The molecule has 15 heavy (non-hydrogen) atoms. The van der Waals surface area contributed by atoms with Gasteiger partial charge in [-0.15, -0.1) is 12.6 Å². The maximum atomic E-state index is 11.5. The molecule has 0 saturated carbocycles. The topological polar surface area (TPSA) is 69.8 Å². The van der Waals surface area contributed by atoms with Crippen LogP contribution < -0.4 is 10.6 Å². The Balaban J connectivity index is 2.19. The smallest absolute Gasteiger partial charge is 0.273 e. The predicted octanol–water partition coefficient (Wildman–Crippen LogP) is 1.28. The van der Waals surface area contributed by atoms with Gasteiger partial charge in [-0.1, -0.05) is 18.7 Å². The number of H-pyrrole nitrogens is 1. The molecule has 0 bridgehead atoms. The molecule has 5 nitrogen and oxygen atoms in total. The summed E-state index contributed by atoms with van der Waals surface area (Å²) in [5, 5.41) is 6.37. The molecule has 1 aliphatic heterocycles. The summed E-state index contributed by atoms with van der Waals surface area (Å²) < 4.78 is 0. The highest BCUT2D eigenvalue weighted by molar-refractivity contribution is 7.99. The average Bonchev–Trinajstić information content (AvgIpc) is 2.57. The maximum absolute atomic E-state index is 11.5. The van der Waals surface area contributed by atoms with E-state index in [1.165, 1.54) is 0 Å². The van der Waals surface area contributed by atoms with E-state index in [1.807, 2.05) is 0 Å². The van der Waals surface area contributed by atoms with Crippen LogP contribution in [0.4, 0.5) is 5.82 Å². The van der Waals surface area contributed by atoms with Gasteiger partial charge in [0.2, 0.25) is 0 Å². The predicted molar refractivity (Wildman–Crippen MR) is 63.5 cm³/mol. The second kappa shape index (κ2) is 4.36. The van der Waals surface area contributed by atoms with Crippen molar-refractivity contribution in [2.75, 3.05) is 11.1 Å². The van der Waals surface area contributed by atoms with E-state index in [0.29, 0.717) is 11.5 Å². The number of anilines is 1. The lowest BCUT2D eigenvalue weighted by Crippen LogP contribution is -2.41. The molecule has 1 unspecified atom stereocenters. The van der Waals surface area contributed by atoms with Gasteiger partial charge in [0, 0.05) is 5.75 Å². The van der Waals surface area contributed by atoms with Crippen molar-refractivity contribution in [2.24, 2.45) is 0 Å². The van der Waals surface area contributed by atoms with Gasteiger partial charge in [-0.2, -0.15) is 0 Å². The fourth-order valence-electron chi connectivity index (χ4n) is 1.25. The number of thioether (sulfide) groups is 1. The van der Waals surface area contributed by atoms with Gasteiger partial charge in [0.15, 0.2) is 11.0 Å². The van der Waals surface area contributed by atoms with Gasteiger partial charge in [-0.3, -0.25) is 4.79 Å². The zero-order valence-corrected chi connectivity index (χ0v) is 9.91. The number of hydrogen-bond donors (Lipinski definition) is 4. The van der Waals surface area contributed by atoms with Crippen molar-refractivity contribution in [3.63, 3.8) is 0 Å². The van der Waals surface area contributed by atoms with Gasteiger partial charge in [-0.05, 0) is 6.42 Å². The van der Waals surface area contributed by atoms with Gasteiger partial charge in [0.1, 0.15) is 11.2 Å². The minimum absolute atomic E-state index is 0.167. The molecule has 0 spiro atoms. The Morgan fingerprint density at radius 2 is 2.33 bits per heavy atom. The number of nitrogens with one attached hydrogen (secondary N) is 3. The first-order chi connectivity index (χ1) is 7.20.